The van der Waals surface area contributed by atoms with Crippen molar-refractivity contribution >= 4 is 29.8 Å². The van der Waals surface area contributed by atoms with E-state index in [0.29, 0.717) is 31.4 Å². The lowest BCUT2D eigenvalue weighted by Crippen LogP contribution is -2.43. The molecular weight excluding hydrogens is 582 g/mol. The van der Waals surface area contributed by atoms with Gasteiger partial charge in [-0.15, -0.1) is 6.58 Å². The highest BCUT2D eigenvalue weighted by Gasteiger charge is 2.38. The maximum atomic E-state index is 13.8. The van der Waals surface area contributed by atoms with Crippen LogP contribution in [0, 0.1) is 11.8 Å². The van der Waals surface area contributed by atoms with Crippen LogP contribution in [0.25, 0.3) is 0 Å². The van der Waals surface area contributed by atoms with Crippen molar-refractivity contribution in [1.82, 2.24) is 5.32 Å². The Morgan fingerprint density at radius 2 is 1.61 bits per heavy atom. The van der Waals surface area contributed by atoms with Gasteiger partial charge in [0.15, 0.2) is 0 Å². The van der Waals surface area contributed by atoms with Gasteiger partial charge in [0.25, 0.3) is 0 Å². The fraction of sp³-hybridized carbons (Fsp3) is 0.657. The van der Waals surface area contributed by atoms with E-state index in [1.54, 1.807) is 43.7 Å². The monoisotopic (exact) mass is 641 g/mol. The van der Waals surface area contributed by atoms with Crippen molar-refractivity contribution in [2.24, 2.45) is 16.8 Å². The van der Waals surface area contributed by atoms with Crippen LogP contribution in [-0.2, 0) is 9.36 Å². The number of hydrogen-bond donors (Lipinski definition) is 2. The molecule has 3 unspecified atom stereocenters. The van der Waals surface area contributed by atoms with E-state index in [4.69, 9.17) is 0 Å². The molecule has 2 rings (SSSR count). The molecule has 2 N–H and O–H groups in total. The molecule has 0 saturated heterocycles. The van der Waals surface area contributed by atoms with Gasteiger partial charge in [0, 0.05) is 23.3 Å². The molecule has 252 valence electrons. The van der Waals surface area contributed by atoms with Gasteiger partial charge in [-0.05, 0) is 76.6 Å². The summed E-state index contributed by atoms with van der Waals surface area (Å²) in [4.78, 5) is 16.1. The fourth-order valence-corrected chi connectivity index (χ4v) is 5.39. The maximum absolute atomic E-state index is 13.8. The number of allylic oxidation sites excluding steroid dienone is 1. The van der Waals surface area contributed by atoms with Crippen molar-refractivity contribution in [1.29, 1.82) is 0 Å². The molecule has 3 atom stereocenters. The Kier molecular flexibility index (Phi) is 20.3. The summed E-state index contributed by atoms with van der Waals surface area (Å²) in [5.41, 5.74) is -0.185. The highest BCUT2D eigenvalue weighted by atomic mass is 31.2. The summed E-state index contributed by atoms with van der Waals surface area (Å²) in [5, 5.41) is 6.81. The first-order chi connectivity index (χ1) is 20.5. The molecule has 0 heterocycles. The molecule has 1 aliphatic rings. The van der Waals surface area contributed by atoms with Gasteiger partial charge in [-0.2, -0.15) is 13.2 Å². The highest BCUT2D eigenvalue weighted by Crippen LogP contribution is 2.35. The Morgan fingerprint density at radius 1 is 1.07 bits per heavy atom. The molecule has 0 spiro atoms. The Balaban J connectivity index is 0.00000143. The zero-order valence-corrected chi connectivity index (χ0v) is 29.6. The Hall–Kier alpha value is -2.34. The molecular formula is C35H59F3N3O2P. The smallest absolute Gasteiger partial charge is 0.365 e. The topological polar surface area (TPSA) is 70.6 Å². The molecule has 1 aliphatic carbocycles. The number of aliphatic imine (C=N–C) groups is 1. The van der Waals surface area contributed by atoms with Crippen LogP contribution in [0.3, 0.4) is 0 Å². The number of halogens is 3. The number of unbranched alkanes of at least 4 members (excludes halogenated alkanes) is 4. The Bertz CT molecular complexity index is 1070. The van der Waals surface area contributed by atoms with Crippen molar-refractivity contribution < 1.29 is 22.5 Å². The summed E-state index contributed by atoms with van der Waals surface area (Å²) in [5.74, 6) is 0.470. The van der Waals surface area contributed by atoms with E-state index in [1.165, 1.54) is 46.0 Å². The van der Waals surface area contributed by atoms with Crippen molar-refractivity contribution in [3.05, 3.63) is 48.6 Å². The van der Waals surface area contributed by atoms with E-state index < -0.39 is 25.1 Å². The van der Waals surface area contributed by atoms with Crippen LogP contribution < -0.4 is 15.9 Å². The van der Waals surface area contributed by atoms with Gasteiger partial charge in [-0.25, -0.2) is 0 Å². The van der Waals surface area contributed by atoms with E-state index in [1.807, 2.05) is 0 Å². The lowest BCUT2D eigenvalue weighted by molar-refractivity contribution is -0.120. The number of carbonyl (C=O) groups is 1. The first-order valence-electron chi connectivity index (χ1n) is 16.1. The molecule has 1 aromatic carbocycles. The van der Waals surface area contributed by atoms with Crippen LogP contribution in [0.5, 0.6) is 0 Å². The van der Waals surface area contributed by atoms with E-state index in [0.717, 1.165) is 17.3 Å². The number of amidine groups is 1. The summed E-state index contributed by atoms with van der Waals surface area (Å²) in [6.07, 6.45) is 6.41. The van der Waals surface area contributed by atoms with Gasteiger partial charge in [0.2, 0.25) is 0 Å². The lowest BCUT2D eigenvalue weighted by Gasteiger charge is -2.25. The first kappa shape index (κ1) is 41.7. The molecule has 0 amide bonds. The fourth-order valence-electron chi connectivity index (χ4n) is 4.53. The number of nitrogens with one attached hydrogen (secondary N) is 2. The van der Waals surface area contributed by atoms with Crippen LogP contribution in [0.1, 0.15) is 106 Å². The average molecular weight is 642 g/mol. The van der Waals surface area contributed by atoms with Gasteiger partial charge in [-0.1, -0.05) is 78.9 Å². The summed E-state index contributed by atoms with van der Waals surface area (Å²) in [6, 6.07) is 6.63. The van der Waals surface area contributed by atoms with Gasteiger partial charge in [0.05, 0.1) is 11.6 Å². The van der Waals surface area contributed by atoms with Crippen LogP contribution in [0.4, 0.5) is 18.9 Å². The standard InChI is InChI=1S/C24H33F3N3O2P.C7H16.C4H10/c1-6-8-22(28-18-11-13-20(14-12-18)33(4,5)32)30-23(21(7-2)24(25,26)27)29-19-10-9-17(15-19)16(3)31;1-3-5-7-6-4-2;1-4(2)3/h6-7,11-14,17,19,22,28H,1,8-10,15H2,2-5H3,(H,29,30);3-7H2,1-2H3;4H,1-3H3/b21-7+;;. The summed E-state index contributed by atoms with van der Waals surface area (Å²) >= 11 is 0. The second kappa shape index (κ2) is 21.4. The first-order valence-corrected chi connectivity index (χ1v) is 18.7. The van der Waals surface area contributed by atoms with E-state index in [9.17, 15) is 22.5 Å². The molecule has 5 nitrogen and oxygen atoms in total. The van der Waals surface area contributed by atoms with E-state index >= 15 is 0 Å². The number of hydrogen-bond acceptors (Lipinski definition) is 4. The SMILES string of the molecule is C=CCC(NC(=NC1CCC(C(C)=O)C1)/C(=C\C)C(F)(F)F)Nc1ccc(P(C)(C)=O)cc1.CC(C)C.CCCCCCC. The summed E-state index contributed by atoms with van der Waals surface area (Å²) in [6.45, 7) is 20.9. The van der Waals surface area contributed by atoms with Crippen LogP contribution in [-0.4, -0.2) is 43.3 Å². The summed E-state index contributed by atoms with van der Waals surface area (Å²) < 4.78 is 53.5. The minimum Gasteiger partial charge on any atom is -0.365 e. The predicted octanol–water partition coefficient (Wildman–Crippen LogP) is 10.1. The quantitative estimate of drug-likeness (QED) is 0.0562. The van der Waals surface area contributed by atoms with Gasteiger partial charge < -0.3 is 15.2 Å². The number of carbonyl (C=O) groups excluding carboxylic acids is 1. The molecule has 0 radical (unpaired) electrons. The zero-order valence-electron chi connectivity index (χ0n) is 28.7. The molecule has 0 aromatic heterocycles. The van der Waals surface area contributed by atoms with E-state index in [-0.39, 0.29) is 23.6 Å². The minimum atomic E-state index is -4.58. The molecule has 1 aromatic rings. The zero-order chi connectivity index (χ0) is 33.9. The molecule has 0 bridgehead atoms. The number of rotatable bonds is 13. The van der Waals surface area contributed by atoms with Crippen molar-refractivity contribution in [3.8, 4) is 0 Å². The Labute approximate surface area is 266 Å². The molecule has 9 heteroatoms. The third-order valence-corrected chi connectivity index (χ3v) is 8.43. The predicted molar refractivity (Wildman–Crippen MR) is 185 cm³/mol. The lowest BCUT2D eigenvalue weighted by atomic mass is 10.0. The van der Waals surface area contributed by atoms with Crippen LogP contribution in [0.2, 0.25) is 0 Å². The van der Waals surface area contributed by atoms with Gasteiger partial charge in [0.1, 0.15) is 24.9 Å². The third kappa shape index (κ3) is 17.8. The number of benzene rings is 1. The summed E-state index contributed by atoms with van der Waals surface area (Å²) in [7, 11) is -2.41. The number of ketones is 1. The normalized spacial score (nSPS) is 18.0. The van der Waals surface area contributed by atoms with Crippen molar-refractivity contribution in [2.45, 2.75) is 125 Å². The molecule has 1 fully saturated rings. The van der Waals surface area contributed by atoms with Crippen molar-refractivity contribution in [3.63, 3.8) is 0 Å². The third-order valence-electron chi connectivity index (χ3n) is 6.89. The number of alkyl halides is 3. The van der Waals surface area contributed by atoms with Crippen molar-refractivity contribution in [2.75, 3.05) is 18.6 Å². The molecule has 1 saturated carbocycles. The second-order valence-corrected chi connectivity index (χ2v) is 15.7. The largest absolute Gasteiger partial charge is 0.419 e. The van der Waals surface area contributed by atoms with Crippen LogP contribution >= 0.6 is 7.14 Å². The van der Waals surface area contributed by atoms with Crippen LogP contribution in [0.15, 0.2) is 53.6 Å². The van der Waals surface area contributed by atoms with Gasteiger partial charge >= 0.3 is 6.18 Å². The highest BCUT2D eigenvalue weighted by molar-refractivity contribution is 7.70. The average Bonchev–Trinajstić information content (AvgIpc) is 3.37. The molecule has 44 heavy (non-hydrogen) atoms. The van der Waals surface area contributed by atoms with E-state index in [2.05, 4.69) is 56.8 Å². The Morgan fingerprint density at radius 3 is 2.00 bits per heavy atom. The number of nitrogens with zero attached hydrogens (tertiary/aromatic N) is 1. The second-order valence-electron chi connectivity index (χ2n) is 12.5. The van der Waals surface area contributed by atoms with Gasteiger partial charge in [-0.3, -0.25) is 9.79 Å². The number of Topliss-reactive ketones (excluding diaryl/α,β-unsaturated/α-hetero) is 1. The minimum absolute atomic E-state index is 0.0441. The molecule has 0 aliphatic heterocycles. The maximum Gasteiger partial charge on any atom is 0.419 e. The number of anilines is 1.